The molecule has 4 nitrogen and oxygen atoms in total. The molecule has 3 N–H and O–H groups in total. The molecule has 1 saturated heterocycles. The van der Waals surface area contributed by atoms with Gasteiger partial charge in [-0.15, -0.1) is 0 Å². The fraction of sp³-hybridized carbons (Fsp3) is 0.923. The second kappa shape index (κ2) is 8.48. The van der Waals surface area contributed by atoms with E-state index < -0.39 is 0 Å². The molecular formula is C13H27N3O. The van der Waals surface area contributed by atoms with Crippen molar-refractivity contribution in [1.29, 1.82) is 0 Å². The first-order valence-electron chi connectivity index (χ1n) is 6.89. The van der Waals surface area contributed by atoms with Crippen LogP contribution in [0.2, 0.25) is 0 Å². The van der Waals surface area contributed by atoms with Crippen molar-refractivity contribution in [2.45, 2.75) is 39.0 Å². The zero-order valence-corrected chi connectivity index (χ0v) is 11.1. The van der Waals surface area contributed by atoms with E-state index in [0.29, 0.717) is 5.92 Å². The SMILES string of the molecule is CC(=O)NCC1CCN(CCCCCN)CC1. The second-order valence-electron chi connectivity index (χ2n) is 5.07. The van der Waals surface area contributed by atoms with Crippen LogP contribution >= 0.6 is 0 Å². The number of piperidine rings is 1. The van der Waals surface area contributed by atoms with E-state index >= 15 is 0 Å². The molecule has 0 aromatic heterocycles. The van der Waals surface area contributed by atoms with Crippen LogP contribution in [0, 0.1) is 5.92 Å². The molecule has 1 fully saturated rings. The molecule has 0 radical (unpaired) electrons. The van der Waals surface area contributed by atoms with Crippen LogP contribution in [0.4, 0.5) is 0 Å². The quantitative estimate of drug-likeness (QED) is 0.653. The van der Waals surface area contributed by atoms with Crippen molar-refractivity contribution in [2.75, 3.05) is 32.7 Å². The Hall–Kier alpha value is -0.610. The average molecular weight is 241 g/mol. The van der Waals surface area contributed by atoms with Crippen LogP contribution in [0.1, 0.15) is 39.0 Å². The number of likely N-dealkylation sites (tertiary alicyclic amines) is 1. The number of carbonyl (C=O) groups is 1. The normalized spacial score (nSPS) is 18.2. The van der Waals surface area contributed by atoms with Crippen molar-refractivity contribution in [3.05, 3.63) is 0 Å². The van der Waals surface area contributed by atoms with Gasteiger partial charge in [-0.05, 0) is 57.8 Å². The summed E-state index contributed by atoms with van der Waals surface area (Å²) in [4.78, 5) is 13.4. The summed E-state index contributed by atoms with van der Waals surface area (Å²) in [6.07, 6.45) is 6.11. The van der Waals surface area contributed by atoms with E-state index in [4.69, 9.17) is 5.73 Å². The van der Waals surface area contributed by atoms with Crippen molar-refractivity contribution in [1.82, 2.24) is 10.2 Å². The topological polar surface area (TPSA) is 58.4 Å². The maximum atomic E-state index is 10.8. The molecule has 1 rings (SSSR count). The second-order valence-corrected chi connectivity index (χ2v) is 5.07. The summed E-state index contributed by atoms with van der Waals surface area (Å²) in [5.74, 6) is 0.772. The van der Waals surface area contributed by atoms with E-state index in [9.17, 15) is 4.79 Å². The fourth-order valence-corrected chi connectivity index (χ4v) is 2.36. The van der Waals surface area contributed by atoms with Gasteiger partial charge in [0.2, 0.25) is 5.91 Å². The van der Waals surface area contributed by atoms with Crippen molar-refractivity contribution in [3.63, 3.8) is 0 Å². The van der Waals surface area contributed by atoms with Gasteiger partial charge in [-0.1, -0.05) is 6.42 Å². The lowest BCUT2D eigenvalue weighted by molar-refractivity contribution is -0.119. The molecule has 0 spiro atoms. The molecule has 0 bridgehead atoms. The number of nitrogens with zero attached hydrogens (tertiary/aromatic N) is 1. The Kier molecular flexibility index (Phi) is 7.21. The largest absolute Gasteiger partial charge is 0.356 e. The summed E-state index contributed by atoms with van der Waals surface area (Å²) in [5.41, 5.74) is 5.48. The molecule has 17 heavy (non-hydrogen) atoms. The number of carbonyl (C=O) groups excluding carboxylic acids is 1. The molecule has 0 aromatic rings. The van der Waals surface area contributed by atoms with Crippen LogP contribution in [-0.2, 0) is 4.79 Å². The van der Waals surface area contributed by atoms with Gasteiger partial charge in [-0.2, -0.15) is 0 Å². The predicted octanol–water partition coefficient (Wildman–Crippen LogP) is 0.964. The van der Waals surface area contributed by atoms with Gasteiger partial charge in [0, 0.05) is 13.5 Å². The first-order chi connectivity index (χ1) is 8.22. The number of nitrogens with two attached hydrogens (primary N) is 1. The van der Waals surface area contributed by atoms with E-state index in [1.54, 1.807) is 6.92 Å². The van der Waals surface area contributed by atoms with Crippen LogP contribution in [0.5, 0.6) is 0 Å². The Bertz CT molecular complexity index is 213. The van der Waals surface area contributed by atoms with Crippen molar-refractivity contribution < 1.29 is 4.79 Å². The Balaban J connectivity index is 2.03. The number of amides is 1. The molecule has 0 unspecified atom stereocenters. The Morgan fingerprint density at radius 2 is 2.00 bits per heavy atom. The highest BCUT2D eigenvalue weighted by Gasteiger charge is 2.18. The summed E-state index contributed by atoms with van der Waals surface area (Å²) >= 11 is 0. The summed E-state index contributed by atoms with van der Waals surface area (Å²) < 4.78 is 0. The smallest absolute Gasteiger partial charge is 0.216 e. The van der Waals surface area contributed by atoms with E-state index in [-0.39, 0.29) is 5.91 Å². The van der Waals surface area contributed by atoms with E-state index in [1.807, 2.05) is 0 Å². The van der Waals surface area contributed by atoms with Gasteiger partial charge in [0.25, 0.3) is 0 Å². The Morgan fingerprint density at radius 3 is 2.59 bits per heavy atom. The molecule has 0 saturated carbocycles. The minimum absolute atomic E-state index is 0.0919. The molecule has 0 atom stereocenters. The third kappa shape index (κ3) is 6.64. The first-order valence-corrected chi connectivity index (χ1v) is 6.89. The van der Waals surface area contributed by atoms with Gasteiger partial charge in [0.1, 0.15) is 0 Å². The summed E-state index contributed by atoms with van der Waals surface area (Å²) in [5, 5.41) is 2.92. The van der Waals surface area contributed by atoms with Crippen LogP contribution in [0.15, 0.2) is 0 Å². The summed E-state index contributed by atoms with van der Waals surface area (Å²) in [6.45, 7) is 6.86. The highest BCUT2D eigenvalue weighted by molar-refractivity contribution is 5.72. The third-order valence-electron chi connectivity index (χ3n) is 3.53. The lowest BCUT2D eigenvalue weighted by Gasteiger charge is -2.31. The van der Waals surface area contributed by atoms with Gasteiger partial charge in [-0.25, -0.2) is 0 Å². The Morgan fingerprint density at radius 1 is 1.29 bits per heavy atom. The number of hydrogen-bond donors (Lipinski definition) is 2. The maximum absolute atomic E-state index is 10.8. The van der Waals surface area contributed by atoms with Gasteiger partial charge in [-0.3, -0.25) is 4.79 Å². The van der Waals surface area contributed by atoms with Crippen LogP contribution in [0.25, 0.3) is 0 Å². The zero-order valence-electron chi connectivity index (χ0n) is 11.1. The van der Waals surface area contributed by atoms with E-state index in [1.165, 1.54) is 45.3 Å². The molecule has 100 valence electrons. The number of unbranched alkanes of at least 4 members (excludes halogenated alkanes) is 2. The third-order valence-corrected chi connectivity index (χ3v) is 3.53. The van der Waals surface area contributed by atoms with E-state index in [2.05, 4.69) is 10.2 Å². The summed E-state index contributed by atoms with van der Waals surface area (Å²) in [6, 6.07) is 0. The van der Waals surface area contributed by atoms with Crippen molar-refractivity contribution in [2.24, 2.45) is 11.7 Å². The lowest BCUT2D eigenvalue weighted by atomic mass is 9.96. The van der Waals surface area contributed by atoms with Crippen molar-refractivity contribution >= 4 is 5.91 Å². The van der Waals surface area contributed by atoms with Crippen LogP contribution in [0.3, 0.4) is 0 Å². The minimum Gasteiger partial charge on any atom is -0.356 e. The predicted molar refractivity (Wildman–Crippen MR) is 70.8 cm³/mol. The minimum atomic E-state index is 0.0919. The lowest BCUT2D eigenvalue weighted by Crippen LogP contribution is -2.38. The number of nitrogens with one attached hydrogen (secondary N) is 1. The number of rotatable bonds is 7. The van der Waals surface area contributed by atoms with Crippen LogP contribution in [-0.4, -0.2) is 43.5 Å². The fourth-order valence-electron chi connectivity index (χ4n) is 2.36. The number of hydrogen-bond acceptors (Lipinski definition) is 3. The first kappa shape index (κ1) is 14.5. The highest BCUT2D eigenvalue weighted by atomic mass is 16.1. The van der Waals surface area contributed by atoms with Gasteiger partial charge < -0.3 is 16.0 Å². The van der Waals surface area contributed by atoms with Crippen LogP contribution < -0.4 is 11.1 Å². The Labute approximate surface area is 105 Å². The molecule has 1 aliphatic heterocycles. The van der Waals surface area contributed by atoms with E-state index in [0.717, 1.165) is 19.5 Å². The van der Waals surface area contributed by atoms with Gasteiger partial charge >= 0.3 is 0 Å². The maximum Gasteiger partial charge on any atom is 0.216 e. The monoisotopic (exact) mass is 241 g/mol. The van der Waals surface area contributed by atoms with Crippen molar-refractivity contribution in [3.8, 4) is 0 Å². The molecule has 1 heterocycles. The molecule has 1 amide bonds. The average Bonchev–Trinajstić information content (AvgIpc) is 2.33. The molecule has 0 aliphatic carbocycles. The van der Waals surface area contributed by atoms with Gasteiger partial charge in [0.05, 0.1) is 0 Å². The summed E-state index contributed by atoms with van der Waals surface area (Å²) in [7, 11) is 0. The van der Waals surface area contributed by atoms with Gasteiger partial charge in [0.15, 0.2) is 0 Å². The highest BCUT2D eigenvalue weighted by Crippen LogP contribution is 2.16. The molecular weight excluding hydrogens is 214 g/mol. The molecule has 0 aromatic carbocycles. The zero-order chi connectivity index (χ0) is 12.5. The standard InChI is InChI=1S/C13H27N3O/c1-12(17)15-11-13-5-9-16(10-6-13)8-4-2-3-7-14/h13H,2-11,14H2,1H3,(H,15,17). The molecule has 1 aliphatic rings. The molecule has 4 heteroatoms.